The van der Waals surface area contributed by atoms with Crippen LogP contribution in [0.5, 0.6) is 0 Å². The maximum atomic E-state index is 11.5. The van der Waals surface area contributed by atoms with E-state index in [0.717, 1.165) is 12.8 Å². The Morgan fingerprint density at radius 3 is 2.22 bits per heavy atom. The van der Waals surface area contributed by atoms with Crippen molar-refractivity contribution in [3.8, 4) is 0 Å². The van der Waals surface area contributed by atoms with Crippen LogP contribution in [-0.4, -0.2) is 47.2 Å². The average molecular weight is 256 g/mol. The second kappa shape index (κ2) is 5.17. The number of hydrogen-bond donors (Lipinski definition) is 2. The maximum absolute atomic E-state index is 11.5. The van der Waals surface area contributed by atoms with Crippen LogP contribution in [0.1, 0.15) is 47.5 Å². The molecule has 0 radical (unpaired) electrons. The number of carboxylic acid groups (broad SMARTS) is 1. The first kappa shape index (κ1) is 15.4. The highest BCUT2D eigenvalue weighted by Gasteiger charge is 2.40. The predicted octanol–water partition coefficient (Wildman–Crippen LogP) is 1.95. The lowest BCUT2D eigenvalue weighted by atomic mass is 9.86. The minimum Gasteiger partial charge on any atom is -0.480 e. The second-order valence-corrected chi connectivity index (χ2v) is 7.01. The van der Waals surface area contributed by atoms with Gasteiger partial charge in [-0.2, -0.15) is 0 Å². The van der Waals surface area contributed by atoms with Gasteiger partial charge in [0.1, 0.15) is 5.54 Å². The fourth-order valence-electron chi connectivity index (χ4n) is 2.15. The number of aliphatic carboxylic acids is 1. The highest BCUT2D eigenvalue weighted by molar-refractivity contribution is 5.78. The maximum Gasteiger partial charge on any atom is 0.324 e. The first-order valence-corrected chi connectivity index (χ1v) is 6.77. The van der Waals surface area contributed by atoms with Crippen LogP contribution in [0, 0.1) is 5.41 Å². The van der Waals surface area contributed by atoms with E-state index < -0.39 is 11.5 Å². The Morgan fingerprint density at radius 2 is 1.89 bits per heavy atom. The summed E-state index contributed by atoms with van der Waals surface area (Å²) in [4.78, 5) is 13.6. The van der Waals surface area contributed by atoms with E-state index in [4.69, 9.17) is 0 Å². The number of nitrogens with zero attached hydrogens (tertiary/aromatic N) is 1. The molecule has 1 fully saturated rings. The van der Waals surface area contributed by atoms with E-state index in [1.165, 1.54) is 0 Å². The molecule has 0 aromatic carbocycles. The normalized spacial score (nSPS) is 21.7. The molecule has 0 saturated heterocycles. The summed E-state index contributed by atoms with van der Waals surface area (Å²) in [6, 6.07) is 0.724. The zero-order valence-electron chi connectivity index (χ0n) is 12.6. The molecule has 1 rings (SSSR count). The molecule has 4 nitrogen and oxygen atoms in total. The minimum atomic E-state index is -0.852. The van der Waals surface area contributed by atoms with Crippen LogP contribution in [0.4, 0.5) is 0 Å². The van der Waals surface area contributed by atoms with Crippen molar-refractivity contribution in [1.29, 1.82) is 0 Å². The molecule has 18 heavy (non-hydrogen) atoms. The van der Waals surface area contributed by atoms with E-state index in [-0.39, 0.29) is 5.41 Å². The van der Waals surface area contributed by atoms with Crippen LogP contribution in [-0.2, 0) is 4.79 Å². The Kier molecular flexibility index (Phi) is 4.44. The third-order valence-corrected chi connectivity index (χ3v) is 4.05. The van der Waals surface area contributed by atoms with Crippen molar-refractivity contribution in [2.45, 2.75) is 65.1 Å². The molecule has 0 heterocycles. The summed E-state index contributed by atoms with van der Waals surface area (Å²) in [5.41, 5.74) is -0.705. The van der Waals surface area contributed by atoms with Gasteiger partial charge in [-0.15, -0.1) is 0 Å². The second-order valence-electron chi connectivity index (χ2n) is 7.01. The van der Waals surface area contributed by atoms with Gasteiger partial charge in [0.05, 0.1) is 0 Å². The van der Waals surface area contributed by atoms with Gasteiger partial charge in [0.25, 0.3) is 0 Å². The van der Waals surface area contributed by atoms with Crippen molar-refractivity contribution in [3.05, 3.63) is 0 Å². The molecule has 2 unspecified atom stereocenters. The molecule has 1 aliphatic carbocycles. The van der Waals surface area contributed by atoms with Gasteiger partial charge >= 0.3 is 5.97 Å². The van der Waals surface area contributed by atoms with Crippen molar-refractivity contribution in [2.75, 3.05) is 13.6 Å². The van der Waals surface area contributed by atoms with E-state index >= 15 is 0 Å². The standard InChI is InChI=1S/C14H28N2O2/c1-10(13(2,3)4)16(6)9-14(5,12(17)18)15-11-7-8-11/h10-11,15H,7-9H2,1-6H3,(H,17,18). The highest BCUT2D eigenvalue weighted by Crippen LogP contribution is 2.26. The molecule has 1 aliphatic rings. The fraction of sp³-hybridized carbons (Fsp3) is 0.929. The summed E-state index contributed by atoms with van der Waals surface area (Å²) in [6.45, 7) is 11.0. The van der Waals surface area contributed by atoms with E-state index in [2.05, 4.69) is 37.9 Å². The Balaban J connectivity index is 2.68. The SMILES string of the molecule is CC(N(C)CC(C)(NC1CC1)C(=O)O)C(C)(C)C. The summed E-state index contributed by atoms with van der Waals surface area (Å²) in [6.07, 6.45) is 2.20. The fourth-order valence-corrected chi connectivity index (χ4v) is 2.15. The summed E-state index contributed by atoms with van der Waals surface area (Å²) in [7, 11) is 2.01. The number of carbonyl (C=O) groups is 1. The Hall–Kier alpha value is -0.610. The molecule has 0 aromatic rings. The molecule has 2 atom stereocenters. The topological polar surface area (TPSA) is 52.6 Å². The third kappa shape index (κ3) is 3.95. The first-order chi connectivity index (χ1) is 8.06. The van der Waals surface area contributed by atoms with E-state index in [0.29, 0.717) is 18.6 Å². The van der Waals surface area contributed by atoms with Crippen LogP contribution in [0.25, 0.3) is 0 Å². The van der Waals surface area contributed by atoms with E-state index in [9.17, 15) is 9.90 Å². The minimum absolute atomic E-state index is 0.147. The lowest BCUT2D eigenvalue weighted by Gasteiger charge is -2.39. The largest absolute Gasteiger partial charge is 0.480 e. The number of likely N-dealkylation sites (N-methyl/N-ethyl adjacent to an activating group) is 1. The highest BCUT2D eigenvalue weighted by atomic mass is 16.4. The van der Waals surface area contributed by atoms with Crippen molar-refractivity contribution < 1.29 is 9.90 Å². The van der Waals surface area contributed by atoms with Gasteiger partial charge < -0.3 is 10.0 Å². The molecule has 4 heteroatoms. The number of carboxylic acids is 1. The summed E-state index contributed by atoms with van der Waals surface area (Å²) in [5, 5.41) is 12.7. The lowest BCUT2D eigenvalue weighted by molar-refractivity contribution is -0.145. The Labute approximate surface area is 111 Å². The van der Waals surface area contributed by atoms with Crippen LogP contribution >= 0.6 is 0 Å². The summed E-state index contributed by atoms with van der Waals surface area (Å²) < 4.78 is 0. The third-order valence-electron chi connectivity index (χ3n) is 4.05. The zero-order valence-corrected chi connectivity index (χ0v) is 12.6. The molecule has 0 aromatic heterocycles. The Bertz CT molecular complexity index is 307. The van der Waals surface area contributed by atoms with E-state index in [1.807, 2.05) is 7.05 Å². The number of rotatable bonds is 6. The van der Waals surface area contributed by atoms with Crippen LogP contribution in [0.2, 0.25) is 0 Å². The van der Waals surface area contributed by atoms with Crippen LogP contribution in [0.3, 0.4) is 0 Å². The Morgan fingerprint density at radius 1 is 1.39 bits per heavy atom. The monoisotopic (exact) mass is 256 g/mol. The number of hydrogen-bond acceptors (Lipinski definition) is 3. The molecule has 1 saturated carbocycles. The number of nitrogens with one attached hydrogen (secondary N) is 1. The van der Waals surface area contributed by atoms with Crippen molar-refractivity contribution in [2.24, 2.45) is 5.41 Å². The van der Waals surface area contributed by atoms with Crippen molar-refractivity contribution >= 4 is 5.97 Å². The first-order valence-electron chi connectivity index (χ1n) is 6.77. The van der Waals surface area contributed by atoms with Gasteiger partial charge in [0.2, 0.25) is 0 Å². The van der Waals surface area contributed by atoms with Gasteiger partial charge in [0.15, 0.2) is 0 Å². The molecule has 0 spiro atoms. The quantitative estimate of drug-likeness (QED) is 0.762. The van der Waals surface area contributed by atoms with Gasteiger partial charge in [-0.05, 0) is 39.2 Å². The molecule has 0 aliphatic heterocycles. The van der Waals surface area contributed by atoms with Crippen molar-refractivity contribution in [1.82, 2.24) is 10.2 Å². The lowest BCUT2D eigenvalue weighted by Crippen LogP contribution is -2.59. The molecule has 0 amide bonds. The van der Waals surface area contributed by atoms with E-state index in [1.54, 1.807) is 6.92 Å². The average Bonchev–Trinajstić information content (AvgIpc) is 2.98. The summed E-state index contributed by atoms with van der Waals surface area (Å²) >= 11 is 0. The smallest absolute Gasteiger partial charge is 0.324 e. The molecule has 2 N–H and O–H groups in total. The molecular formula is C14H28N2O2. The van der Waals surface area contributed by atoms with Crippen LogP contribution in [0.15, 0.2) is 0 Å². The molecule has 106 valence electrons. The van der Waals surface area contributed by atoms with Gasteiger partial charge in [-0.3, -0.25) is 10.1 Å². The van der Waals surface area contributed by atoms with Crippen LogP contribution < -0.4 is 5.32 Å². The molecule has 0 bridgehead atoms. The van der Waals surface area contributed by atoms with Gasteiger partial charge in [0, 0.05) is 18.6 Å². The predicted molar refractivity (Wildman–Crippen MR) is 73.7 cm³/mol. The van der Waals surface area contributed by atoms with Crippen molar-refractivity contribution in [3.63, 3.8) is 0 Å². The molecular weight excluding hydrogens is 228 g/mol. The van der Waals surface area contributed by atoms with Gasteiger partial charge in [-0.25, -0.2) is 0 Å². The zero-order chi connectivity index (χ0) is 14.1. The van der Waals surface area contributed by atoms with Gasteiger partial charge in [-0.1, -0.05) is 20.8 Å². The summed E-state index contributed by atoms with van der Waals surface area (Å²) in [5.74, 6) is -0.762.